The Bertz CT molecular complexity index is 1420. The van der Waals surface area contributed by atoms with Crippen molar-refractivity contribution in [3.8, 4) is 0 Å². The molecule has 0 fully saturated rings. The fraction of sp³-hybridized carbons (Fsp3) is 0.667. The van der Waals surface area contributed by atoms with E-state index < -0.39 is 71.5 Å². The third kappa shape index (κ3) is 17.7. The lowest BCUT2D eigenvalue weighted by Gasteiger charge is -2.27. The van der Waals surface area contributed by atoms with Crippen molar-refractivity contribution in [2.75, 3.05) is 27.2 Å². The average Bonchev–Trinajstić information content (AvgIpc) is 3.50. The molecule has 0 saturated heterocycles. The summed E-state index contributed by atoms with van der Waals surface area (Å²) in [5.41, 5.74) is -0.328. The zero-order valence-electron chi connectivity index (χ0n) is 33.1. The van der Waals surface area contributed by atoms with Gasteiger partial charge >= 0.3 is 12.1 Å². The first kappa shape index (κ1) is 47.0. The van der Waals surface area contributed by atoms with E-state index in [-0.39, 0.29) is 37.7 Å². The smallest absolute Gasteiger partial charge is 0.408 e. The van der Waals surface area contributed by atoms with Crippen molar-refractivity contribution in [1.82, 2.24) is 46.8 Å². The van der Waals surface area contributed by atoms with Crippen LogP contribution >= 0.6 is 0 Å². The van der Waals surface area contributed by atoms with Crippen LogP contribution in [0.1, 0.15) is 79.3 Å². The number of hydrogen-bond donors (Lipinski definition) is 7. The largest absolute Gasteiger partial charge is 0.461 e. The van der Waals surface area contributed by atoms with E-state index in [1.807, 2.05) is 7.05 Å². The summed E-state index contributed by atoms with van der Waals surface area (Å²) < 4.78 is 12.0. The maximum Gasteiger partial charge on any atom is 0.408 e. The van der Waals surface area contributed by atoms with Gasteiger partial charge in [-0.2, -0.15) is 0 Å². The van der Waals surface area contributed by atoms with E-state index in [0.717, 1.165) is 13.0 Å². The lowest BCUT2D eigenvalue weighted by molar-refractivity contribution is -0.143. The van der Waals surface area contributed by atoms with Gasteiger partial charge in [-0.05, 0) is 72.9 Å². The molecule has 0 bridgehead atoms. The van der Waals surface area contributed by atoms with Crippen molar-refractivity contribution in [3.63, 3.8) is 0 Å². The molecule has 6 amide bonds. The second-order valence-electron chi connectivity index (χ2n) is 14.2. The number of carbonyl (C=O) groups is 7. The van der Waals surface area contributed by atoms with E-state index >= 15 is 0 Å². The van der Waals surface area contributed by atoms with Crippen LogP contribution in [0.4, 0.5) is 4.79 Å². The number of esters is 1. The zero-order valence-corrected chi connectivity index (χ0v) is 33.1. The van der Waals surface area contributed by atoms with Gasteiger partial charge in [0, 0.05) is 38.8 Å². The molecule has 1 aromatic heterocycles. The molecule has 0 aliphatic rings. The van der Waals surface area contributed by atoms with Gasteiger partial charge in [0.25, 0.3) is 0 Å². The summed E-state index contributed by atoms with van der Waals surface area (Å²) in [4.78, 5) is 95.6. The minimum Gasteiger partial charge on any atom is -0.461 e. The SMILES string of the molecule is C=CCOC(=O)CC[C@H](NC(=O)OC(C)(C)C)C(=O)N[C@@H](Cc1cncn1C)C(=O)N[C@@H](C)C(=O)N[C@H](C(=O)N[C@@H](CCCCNC)C(=O)NC)C(C)C. The Balaban J connectivity index is 3.19. The Labute approximate surface area is 318 Å². The van der Waals surface area contributed by atoms with Crippen molar-refractivity contribution in [2.45, 2.75) is 116 Å². The first-order chi connectivity index (χ1) is 25.3. The van der Waals surface area contributed by atoms with Crippen LogP contribution in [-0.4, -0.2) is 114 Å². The maximum atomic E-state index is 13.7. The van der Waals surface area contributed by atoms with Crippen molar-refractivity contribution in [1.29, 1.82) is 0 Å². The van der Waals surface area contributed by atoms with Gasteiger partial charge in [0.05, 0.1) is 6.33 Å². The predicted molar refractivity (Wildman–Crippen MR) is 201 cm³/mol. The number of nitrogens with one attached hydrogen (secondary N) is 7. The topological polar surface area (TPSA) is 240 Å². The van der Waals surface area contributed by atoms with E-state index in [4.69, 9.17) is 9.47 Å². The number of carbonyl (C=O) groups excluding carboxylic acids is 7. The molecule has 18 nitrogen and oxygen atoms in total. The molecule has 54 heavy (non-hydrogen) atoms. The van der Waals surface area contributed by atoms with Crippen LogP contribution in [0.25, 0.3) is 0 Å². The highest BCUT2D eigenvalue weighted by atomic mass is 16.6. The molecule has 1 rings (SSSR count). The number of ether oxygens (including phenoxy) is 2. The Morgan fingerprint density at radius 3 is 2.02 bits per heavy atom. The fourth-order valence-electron chi connectivity index (χ4n) is 5.02. The minimum atomic E-state index is -1.31. The third-order valence-electron chi connectivity index (χ3n) is 8.02. The summed E-state index contributed by atoms with van der Waals surface area (Å²) in [6, 6.07) is -5.62. The molecule has 18 heteroatoms. The summed E-state index contributed by atoms with van der Waals surface area (Å²) in [6.45, 7) is 14.0. The Kier molecular flexibility index (Phi) is 20.6. The molecule has 0 saturated carbocycles. The summed E-state index contributed by atoms with van der Waals surface area (Å²) in [6.07, 6.45) is 4.87. The molecule has 0 aliphatic carbocycles. The Hall–Kier alpha value is -5.00. The molecule has 304 valence electrons. The zero-order chi connectivity index (χ0) is 41.0. The molecule has 7 N–H and O–H groups in total. The minimum absolute atomic E-state index is 0.0375. The summed E-state index contributed by atoms with van der Waals surface area (Å²) in [5, 5.41) is 18.7. The summed E-state index contributed by atoms with van der Waals surface area (Å²) >= 11 is 0. The number of rotatable bonds is 23. The van der Waals surface area contributed by atoms with Crippen molar-refractivity contribution < 1.29 is 43.0 Å². The van der Waals surface area contributed by atoms with Gasteiger partial charge in [-0.3, -0.25) is 28.8 Å². The maximum absolute atomic E-state index is 13.7. The fourth-order valence-corrected chi connectivity index (χ4v) is 5.02. The molecule has 1 aromatic rings. The van der Waals surface area contributed by atoms with Crippen LogP contribution in [0.3, 0.4) is 0 Å². The van der Waals surface area contributed by atoms with E-state index in [9.17, 15) is 33.6 Å². The lowest BCUT2D eigenvalue weighted by atomic mass is 10.0. The molecule has 0 aliphatic heterocycles. The molecule has 0 spiro atoms. The van der Waals surface area contributed by atoms with Gasteiger partial charge in [0.1, 0.15) is 42.4 Å². The molecule has 0 unspecified atom stereocenters. The van der Waals surface area contributed by atoms with Crippen molar-refractivity contribution in [3.05, 3.63) is 30.9 Å². The van der Waals surface area contributed by atoms with Crippen LogP contribution < -0.4 is 37.2 Å². The van der Waals surface area contributed by atoms with Gasteiger partial charge in [-0.1, -0.05) is 26.5 Å². The molecule has 5 atom stereocenters. The lowest BCUT2D eigenvalue weighted by Crippen LogP contribution is -2.59. The molecule has 0 aromatic carbocycles. The van der Waals surface area contributed by atoms with Crippen molar-refractivity contribution >= 4 is 41.6 Å². The number of alkyl carbamates (subject to hydrolysis) is 1. The highest BCUT2D eigenvalue weighted by Crippen LogP contribution is 2.11. The standard InChI is InChI=1S/C36H61N9O9/c1-11-18-53-28(46)16-15-26(43-35(52)54-36(5,6)7)32(49)42-27(19-24-20-39-21-45(24)10)33(50)40-23(4)30(47)44-29(22(2)3)34(51)41-25(31(48)38-9)14-12-13-17-37-8/h11,20-23,25-27,29,37H,1,12-19H2,2-10H3,(H,38,48)(H,40,50)(H,41,51)(H,42,49)(H,43,52)(H,44,47)/t23-,25-,26-,27-,29-/m0/s1. The van der Waals surface area contributed by atoms with Gasteiger partial charge in [0.2, 0.25) is 29.5 Å². The van der Waals surface area contributed by atoms with Crippen LogP contribution in [0.2, 0.25) is 0 Å². The number of nitrogens with zero attached hydrogens (tertiary/aromatic N) is 2. The number of unbranched alkanes of at least 4 members (excludes halogenated alkanes) is 1. The number of likely N-dealkylation sites (N-methyl/N-ethyl adjacent to an activating group) is 1. The Morgan fingerprint density at radius 1 is 0.833 bits per heavy atom. The third-order valence-corrected chi connectivity index (χ3v) is 8.02. The second-order valence-corrected chi connectivity index (χ2v) is 14.2. The number of aryl methyl sites for hydroxylation is 1. The number of hydrogen-bond acceptors (Lipinski definition) is 11. The summed E-state index contributed by atoms with van der Waals surface area (Å²) in [7, 11) is 5.00. The van der Waals surface area contributed by atoms with Crippen LogP contribution in [0, 0.1) is 5.92 Å². The molecular weight excluding hydrogens is 702 g/mol. The average molecular weight is 764 g/mol. The highest BCUT2D eigenvalue weighted by Gasteiger charge is 2.33. The van der Waals surface area contributed by atoms with Gasteiger partial charge < -0.3 is 51.3 Å². The first-order valence-electron chi connectivity index (χ1n) is 18.1. The summed E-state index contributed by atoms with van der Waals surface area (Å²) in [5.74, 6) is -4.17. The van der Waals surface area contributed by atoms with Gasteiger partial charge in [-0.25, -0.2) is 9.78 Å². The quantitative estimate of drug-likeness (QED) is 0.0449. The van der Waals surface area contributed by atoms with Crippen LogP contribution in [0.5, 0.6) is 0 Å². The molecule has 0 radical (unpaired) electrons. The number of imidazole rings is 1. The van der Waals surface area contributed by atoms with Gasteiger partial charge in [0.15, 0.2) is 0 Å². The van der Waals surface area contributed by atoms with E-state index in [2.05, 4.69) is 48.8 Å². The first-order valence-corrected chi connectivity index (χ1v) is 18.1. The number of aromatic nitrogens is 2. The monoisotopic (exact) mass is 763 g/mol. The van der Waals surface area contributed by atoms with Crippen LogP contribution in [0.15, 0.2) is 25.2 Å². The molecular formula is C36H61N9O9. The van der Waals surface area contributed by atoms with E-state index in [0.29, 0.717) is 18.5 Å². The predicted octanol–water partition coefficient (Wildman–Crippen LogP) is 0.116. The molecule has 1 heterocycles. The van der Waals surface area contributed by atoms with Gasteiger partial charge in [-0.15, -0.1) is 0 Å². The number of amides is 6. The normalized spacial score (nSPS) is 14.0. The van der Waals surface area contributed by atoms with Crippen molar-refractivity contribution in [2.24, 2.45) is 13.0 Å². The highest BCUT2D eigenvalue weighted by molar-refractivity contribution is 5.96. The van der Waals surface area contributed by atoms with E-state index in [1.165, 1.54) is 32.6 Å². The second kappa shape index (κ2) is 23.6. The van der Waals surface area contributed by atoms with Crippen LogP contribution in [-0.2, 0) is 51.7 Å². The Morgan fingerprint density at radius 2 is 1.46 bits per heavy atom. The van der Waals surface area contributed by atoms with E-state index in [1.54, 1.807) is 46.2 Å².